The van der Waals surface area contributed by atoms with E-state index in [0.717, 1.165) is 18.9 Å². The molecule has 0 bridgehead atoms. The summed E-state index contributed by atoms with van der Waals surface area (Å²) in [6, 6.07) is 6.07. The molecule has 12 nitrogen and oxygen atoms in total. The van der Waals surface area contributed by atoms with E-state index in [1.165, 1.54) is 18.3 Å². The Morgan fingerprint density at radius 3 is 2.36 bits per heavy atom. The van der Waals surface area contributed by atoms with Gasteiger partial charge in [0.15, 0.2) is 5.69 Å². The molecule has 44 heavy (non-hydrogen) atoms. The van der Waals surface area contributed by atoms with Gasteiger partial charge < -0.3 is 25.4 Å². The molecule has 0 atom stereocenters. The summed E-state index contributed by atoms with van der Waals surface area (Å²) in [7, 11) is 0. The van der Waals surface area contributed by atoms with Gasteiger partial charge in [-0.15, -0.1) is 18.3 Å². The smallest absolute Gasteiger partial charge is 0.444 e. The summed E-state index contributed by atoms with van der Waals surface area (Å²) in [4.78, 5) is 37.9. The van der Waals surface area contributed by atoms with Crippen molar-refractivity contribution >= 4 is 29.5 Å². The number of likely N-dealkylation sites (tertiary alicyclic amines) is 1. The predicted octanol–water partition coefficient (Wildman–Crippen LogP) is 4.29. The van der Waals surface area contributed by atoms with Crippen molar-refractivity contribution in [3.05, 3.63) is 40.7 Å². The molecular formula is C28H33ClF3N7O5. The first-order valence-electron chi connectivity index (χ1n) is 13.9. The Hall–Kier alpha value is -4.06. The fourth-order valence-corrected chi connectivity index (χ4v) is 5.27. The lowest BCUT2D eigenvalue weighted by Gasteiger charge is -2.58. The van der Waals surface area contributed by atoms with Crippen LogP contribution in [-0.4, -0.2) is 68.4 Å². The Bertz CT molecular complexity index is 1450. The molecule has 2 saturated carbocycles. The van der Waals surface area contributed by atoms with E-state index in [4.69, 9.17) is 27.3 Å². The zero-order valence-corrected chi connectivity index (χ0v) is 25.2. The van der Waals surface area contributed by atoms with Crippen molar-refractivity contribution in [1.29, 1.82) is 5.26 Å². The number of nitrogens with two attached hydrogens (primary N) is 1. The minimum atomic E-state index is -4.80. The van der Waals surface area contributed by atoms with Gasteiger partial charge in [0.25, 0.3) is 5.91 Å². The highest BCUT2D eigenvalue weighted by molar-refractivity contribution is 6.32. The Labute approximate surface area is 256 Å². The summed E-state index contributed by atoms with van der Waals surface area (Å²) in [5.41, 5.74) is 4.92. The molecule has 238 valence electrons. The number of nitrogens with one attached hydrogen (secondary N) is 1. The molecule has 1 aliphatic heterocycles. The Kier molecular flexibility index (Phi) is 9.06. The molecule has 1 aromatic carbocycles. The molecule has 1 aromatic heterocycles. The first-order chi connectivity index (χ1) is 20.4. The van der Waals surface area contributed by atoms with Crippen LogP contribution in [0, 0.1) is 16.7 Å². The number of ether oxygens (including phenoxy) is 2. The third-order valence-corrected chi connectivity index (χ3v) is 7.63. The second kappa shape index (κ2) is 12.1. The molecule has 0 unspecified atom stereocenters. The predicted molar refractivity (Wildman–Crippen MR) is 149 cm³/mol. The van der Waals surface area contributed by atoms with Gasteiger partial charge >= 0.3 is 12.5 Å². The van der Waals surface area contributed by atoms with Crippen LogP contribution in [0.3, 0.4) is 0 Å². The number of alkyl halides is 3. The number of aromatic nitrogens is 3. The van der Waals surface area contributed by atoms with Gasteiger partial charge in [0.1, 0.15) is 16.9 Å². The normalized spacial score (nSPS) is 18.1. The maximum atomic E-state index is 12.1. The van der Waals surface area contributed by atoms with Crippen molar-refractivity contribution in [2.75, 3.05) is 13.1 Å². The van der Waals surface area contributed by atoms with Crippen LogP contribution in [0.25, 0.3) is 0 Å². The summed E-state index contributed by atoms with van der Waals surface area (Å²) in [6.45, 7) is 7.00. The van der Waals surface area contributed by atoms with Crippen LogP contribution in [-0.2, 0) is 16.0 Å². The monoisotopic (exact) mass is 639 g/mol. The van der Waals surface area contributed by atoms with Crippen molar-refractivity contribution in [3.8, 4) is 11.8 Å². The third kappa shape index (κ3) is 8.52. The van der Waals surface area contributed by atoms with E-state index in [2.05, 4.69) is 20.3 Å². The fraction of sp³-hybridized carbons (Fsp3) is 0.571. The number of amides is 3. The largest absolute Gasteiger partial charge is 0.573 e. The van der Waals surface area contributed by atoms with Crippen LogP contribution in [0.1, 0.15) is 75.0 Å². The average Bonchev–Trinajstić information content (AvgIpc) is 3.44. The zero-order chi connectivity index (χ0) is 32.5. The number of hydrogen-bond donors (Lipinski definition) is 2. The van der Waals surface area contributed by atoms with E-state index in [9.17, 15) is 27.6 Å². The number of halogens is 4. The SMILES string of the molecule is CC(C)(C)OC(=O)N1CC2(CC(n3ncc(C(N)=O)n3)C2)C1.N#CC1(NC(=O)CCc2ccc(OC(F)(F)F)c(Cl)c2)CC1. The van der Waals surface area contributed by atoms with Gasteiger partial charge in [-0.1, -0.05) is 17.7 Å². The van der Waals surface area contributed by atoms with Gasteiger partial charge in [-0.25, -0.2) is 4.79 Å². The molecule has 3 aliphatic rings. The summed E-state index contributed by atoms with van der Waals surface area (Å²) >= 11 is 5.72. The van der Waals surface area contributed by atoms with E-state index >= 15 is 0 Å². The molecule has 16 heteroatoms. The number of aryl methyl sites for hydroxylation is 1. The molecule has 1 spiro atoms. The molecule has 3 fully saturated rings. The van der Waals surface area contributed by atoms with Gasteiger partial charge in [0.05, 0.1) is 23.3 Å². The highest BCUT2D eigenvalue weighted by Gasteiger charge is 2.55. The van der Waals surface area contributed by atoms with Gasteiger partial charge in [-0.3, -0.25) is 9.59 Å². The Morgan fingerprint density at radius 2 is 1.86 bits per heavy atom. The summed E-state index contributed by atoms with van der Waals surface area (Å²) in [5.74, 6) is -1.32. The molecule has 2 aliphatic carbocycles. The summed E-state index contributed by atoms with van der Waals surface area (Å²) in [6.07, 6.45) is -0.150. The van der Waals surface area contributed by atoms with Crippen molar-refractivity contribution in [2.24, 2.45) is 11.1 Å². The number of carbonyl (C=O) groups excluding carboxylic acids is 3. The van der Waals surface area contributed by atoms with Crippen LogP contribution in [0.4, 0.5) is 18.0 Å². The Morgan fingerprint density at radius 1 is 1.20 bits per heavy atom. The highest BCUT2D eigenvalue weighted by Crippen LogP contribution is 2.53. The lowest BCUT2D eigenvalue weighted by molar-refractivity contribution is -0.274. The van der Waals surface area contributed by atoms with Crippen molar-refractivity contribution in [2.45, 2.75) is 82.8 Å². The van der Waals surface area contributed by atoms with Crippen LogP contribution in [0.5, 0.6) is 5.75 Å². The number of primary amides is 1. The van der Waals surface area contributed by atoms with Gasteiger partial charge in [-0.2, -0.15) is 15.2 Å². The fourth-order valence-electron chi connectivity index (χ4n) is 5.03. The maximum Gasteiger partial charge on any atom is 0.573 e. The molecule has 3 N–H and O–H groups in total. The minimum Gasteiger partial charge on any atom is -0.444 e. The first kappa shape index (κ1) is 32.8. The van der Waals surface area contributed by atoms with E-state index in [1.54, 1.807) is 9.70 Å². The second-order valence-electron chi connectivity index (χ2n) is 12.4. The number of nitriles is 1. The van der Waals surface area contributed by atoms with Crippen molar-refractivity contribution in [3.63, 3.8) is 0 Å². The van der Waals surface area contributed by atoms with Crippen molar-refractivity contribution in [1.82, 2.24) is 25.2 Å². The van der Waals surface area contributed by atoms with E-state index in [0.29, 0.717) is 37.9 Å². The lowest BCUT2D eigenvalue weighted by atomic mass is 9.61. The highest BCUT2D eigenvalue weighted by atomic mass is 35.5. The third-order valence-electron chi connectivity index (χ3n) is 7.33. The van der Waals surface area contributed by atoms with Crippen LogP contribution < -0.4 is 15.8 Å². The minimum absolute atomic E-state index is 0.124. The number of nitrogens with zero attached hydrogens (tertiary/aromatic N) is 5. The summed E-state index contributed by atoms with van der Waals surface area (Å²) < 4.78 is 45.4. The molecule has 2 aromatic rings. The van der Waals surface area contributed by atoms with Gasteiger partial charge in [0, 0.05) is 24.9 Å². The lowest BCUT2D eigenvalue weighted by Crippen LogP contribution is -2.64. The molecule has 5 rings (SSSR count). The molecule has 0 radical (unpaired) electrons. The first-order valence-corrected chi connectivity index (χ1v) is 14.2. The summed E-state index contributed by atoms with van der Waals surface area (Å²) in [5, 5.41) is 19.5. The molecule has 2 heterocycles. The standard InChI is InChI=1S/C14H12ClF3N2O2.C14H21N5O3/c15-10-7-9(1-3-11(10)22-14(16,17)18)2-4-12(21)20-13(8-19)5-6-13;1-13(2,3)22-12(21)18-7-14(8-18)4-9(5-14)19-16-6-10(17-19)11(15)20/h1,3,7H,2,4-6H2,(H,20,21);6,9H,4-5,7-8H2,1-3H3,(H2,15,20). The second-order valence-corrected chi connectivity index (χ2v) is 12.8. The van der Waals surface area contributed by atoms with Crippen LogP contribution in [0.15, 0.2) is 24.4 Å². The van der Waals surface area contributed by atoms with Crippen LogP contribution >= 0.6 is 11.6 Å². The quantitative estimate of drug-likeness (QED) is 0.453. The Balaban J connectivity index is 0.000000201. The molecule has 1 saturated heterocycles. The van der Waals surface area contributed by atoms with Gasteiger partial charge in [0.2, 0.25) is 5.91 Å². The molecule has 3 amide bonds. The maximum absolute atomic E-state index is 12.1. The zero-order valence-electron chi connectivity index (χ0n) is 24.4. The number of carbonyl (C=O) groups is 3. The van der Waals surface area contributed by atoms with E-state index < -0.39 is 29.2 Å². The number of hydrogen-bond acceptors (Lipinski definition) is 8. The number of rotatable bonds is 7. The van der Waals surface area contributed by atoms with Crippen molar-refractivity contribution < 1.29 is 37.0 Å². The van der Waals surface area contributed by atoms with Crippen LogP contribution in [0.2, 0.25) is 5.02 Å². The topological polar surface area (TPSA) is 165 Å². The average molecular weight is 640 g/mol. The van der Waals surface area contributed by atoms with E-state index in [1.807, 2.05) is 26.8 Å². The van der Waals surface area contributed by atoms with Gasteiger partial charge in [-0.05, 0) is 70.6 Å². The van der Waals surface area contributed by atoms with E-state index in [-0.39, 0.29) is 40.6 Å². The molecular weight excluding hydrogens is 607 g/mol. The number of benzene rings is 1.